The lowest BCUT2D eigenvalue weighted by Gasteiger charge is -2.43. The van der Waals surface area contributed by atoms with Crippen LogP contribution in [0.5, 0.6) is 0 Å². The molecule has 10 nitrogen and oxygen atoms in total. The van der Waals surface area contributed by atoms with Crippen molar-refractivity contribution in [3.05, 3.63) is 0 Å². The summed E-state index contributed by atoms with van der Waals surface area (Å²) in [5.74, 6) is -4.59. The van der Waals surface area contributed by atoms with Crippen molar-refractivity contribution in [3.63, 3.8) is 0 Å². The highest BCUT2D eigenvalue weighted by Gasteiger charge is 2.70. The smallest absolute Gasteiger partial charge is 0.370 e. The SMILES string of the molecule is C[C@@H](OC1(C)CCC1)[C@H](NC(=O)C(F)(F)F)C(=O)N1C[C@H]2[C@@H]([C@H]1C(=O)N[C@H](C#N)C[C@@H]1CC3(CC3)NC1=O)C2(C)C. The van der Waals surface area contributed by atoms with Gasteiger partial charge in [0, 0.05) is 18.0 Å². The minimum Gasteiger partial charge on any atom is -0.370 e. The first kappa shape index (κ1) is 29.6. The van der Waals surface area contributed by atoms with Crippen molar-refractivity contribution >= 4 is 23.6 Å². The second kappa shape index (κ2) is 9.85. The third-order valence-corrected chi connectivity index (χ3v) is 10.2. The number of nitriles is 1. The summed E-state index contributed by atoms with van der Waals surface area (Å²) in [4.78, 5) is 53.1. The minimum absolute atomic E-state index is 0.0718. The van der Waals surface area contributed by atoms with E-state index in [1.165, 1.54) is 11.8 Å². The average molecular weight is 582 g/mol. The highest BCUT2D eigenvalue weighted by atomic mass is 19.4. The number of fused-ring (bicyclic) bond motifs is 1. The molecule has 5 rings (SSSR count). The summed E-state index contributed by atoms with van der Waals surface area (Å²) in [5.41, 5.74) is -1.09. The molecular weight excluding hydrogens is 543 g/mol. The van der Waals surface area contributed by atoms with Crippen LogP contribution in [-0.2, 0) is 23.9 Å². The van der Waals surface area contributed by atoms with E-state index in [0.717, 1.165) is 19.3 Å². The highest BCUT2D eigenvalue weighted by molar-refractivity contribution is 5.95. The zero-order chi connectivity index (χ0) is 30.1. The molecule has 0 bridgehead atoms. The number of nitrogens with one attached hydrogen (secondary N) is 3. The van der Waals surface area contributed by atoms with Crippen LogP contribution in [0.4, 0.5) is 13.2 Å². The Morgan fingerprint density at radius 1 is 1.17 bits per heavy atom. The highest BCUT2D eigenvalue weighted by Crippen LogP contribution is 2.65. The molecule has 0 aromatic carbocycles. The molecule has 0 unspecified atom stereocenters. The predicted octanol–water partition coefficient (Wildman–Crippen LogP) is 1.93. The molecule has 7 atom stereocenters. The summed E-state index contributed by atoms with van der Waals surface area (Å²) >= 11 is 0. The van der Waals surface area contributed by atoms with Crippen molar-refractivity contribution < 1.29 is 37.1 Å². The number of rotatable bonds is 9. The number of hydrogen-bond acceptors (Lipinski definition) is 6. The Morgan fingerprint density at radius 2 is 1.83 bits per heavy atom. The molecule has 3 N–H and O–H groups in total. The Morgan fingerprint density at radius 3 is 2.34 bits per heavy atom. The van der Waals surface area contributed by atoms with Gasteiger partial charge in [-0.2, -0.15) is 18.4 Å². The van der Waals surface area contributed by atoms with E-state index in [0.29, 0.717) is 19.3 Å². The molecule has 1 spiro atoms. The van der Waals surface area contributed by atoms with Gasteiger partial charge in [0.05, 0.1) is 17.8 Å². The van der Waals surface area contributed by atoms with E-state index in [4.69, 9.17) is 4.74 Å². The van der Waals surface area contributed by atoms with Gasteiger partial charge >= 0.3 is 12.1 Å². The number of carbonyl (C=O) groups is 4. The molecule has 4 amide bonds. The summed E-state index contributed by atoms with van der Waals surface area (Å²) in [6.07, 6.45) is -1.56. The Labute approximate surface area is 237 Å². The van der Waals surface area contributed by atoms with E-state index in [1.54, 1.807) is 0 Å². The third kappa shape index (κ3) is 5.51. The number of amides is 4. The first-order valence-electron chi connectivity index (χ1n) is 14.4. The minimum atomic E-state index is -5.21. The lowest BCUT2D eigenvalue weighted by atomic mass is 9.81. The van der Waals surface area contributed by atoms with Crippen LogP contribution < -0.4 is 16.0 Å². The molecule has 3 aliphatic carbocycles. The van der Waals surface area contributed by atoms with Crippen LogP contribution in [-0.4, -0.2) is 76.6 Å². The van der Waals surface area contributed by atoms with E-state index < -0.39 is 59.6 Å². The molecule has 13 heteroatoms. The van der Waals surface area contributed by atoms with Gasteiger partial charge in [-0.25, -0.2) is 0 Å². The molecular formula is C28H38F3N5O5. The molecule has 2 aliphatic heterocycles. The summed E-state index contributed by atoms with van der Waals surface area (Å²) < 4.78 is 45.7. The zero-order valence-electron chi connectivity index (χ0n) is 23.8. The standard InChI is InChI=1S/C28H38F3N5O5/c1-14(41-26(4)6-5-7-26)19(34-24(40)28(29,30)31)23(39)36-13-17-18(25(17,2)3)20(36)22(38)33-16(12-32)10-15-11-27(8-9-27)35-21(15)37/h14-20H,5-11,13H2,1-4H3,(H,33,38)(H,34,40)(H,35,37)/t14-,15-,16+,17+,18+,19+,20+/m1/s1. The zero-order valence-corrected chi connectivity index (χ0v) is 23.8. The van der Waals surface area contributed by atoms with Crippen molar-refractivity contribution in [1.82, 2.24) is 20.9 Å². The first-order valence-corrected chi connectivity index (χ1v) is 14.4. The van der Waals surface area contributed by atoms with E-state index in [-0.39, 0.29) is 41.7 Å². The quantitative estimate of drug-likeness (QED) is 0.380. The molecule has 0 radical (unpaired) electrons. The second-order valence-corrected chi connectivity index (χ2v) is 13.6. The number of nitrogens with zero attached hydrogens (tertiary/aromatic N) is 2. The van der Waals surface area contributed by atoms with E-state index in [2.05, 4.69) is 10.6 Å². The van der Waals surface area contributed by atoms with Crippen LogP contribution in [0.2, 0.25) is 0 Å². The maximum Gasteiger partial charge on any atom is 0.471 e. The monoisotopic (exact) mass is 581 g/mol. The third-order valence-electron chi connectivity index (χ3n) is 10.2. The van der Waals surface area contributed by atoms with Crippen LogP contribution in [0.1, 0.15) is 72.6 Å². The predicted molar refractivity (Wildman–Crippen MR) is 137 cm³/mol. The van der Waals surface area contributed by atoms with Gasteiger partial charge in [-0.15, -0.1) is 0 Å². The normalized spacial score (nSPS) is 32.0. The van der Waals surface area contributed by atoms with Crippen molar-refractivity contribution in [2.75, 3.05) is 6.54 Å². The number of hydrogen-bond donors (Lipinski definition) is 3. The fourth-order valence-corrected chi connectivity index (χ4v) is 7.24. The number of piperidine rings is 1. The number of carbonyl (C=O) groups excluding carboxylic acids is 4. The van der Waals surface area contributed by atoms with Gasteiger partial charge < -0.3 is 25.6 Å². The molecule has 2 heterocycles. The molecule has 226 valence electrons. The van der Waals surface area contributed by atoms with Gasteiger partial charge in [-0.1, -0.05) is 13.8 Å². The lowest BCUT2D eigenvalue weighted by Crippen LogP contribution is -2.61. The summed E-state index contributed by atoms with van der Waals surface area (Å²) in [6.45, 7) is 7.29. The maximum absolute atomic E-state index is 13.9. The van der Waals surface area contributed by atoms with Crippen LogP contribution in [0.15, 0.2) is 0 Å². The van der Waals surface area contributed by atoms with Crippen LogP contribution in [0.25, 0.3) is 0 Å². The number of halogens is 3. The summed E-state index contributed by atoms with van der Waals surface area (Å²) in [6, 6.07) is -1.64. The van der Waals surface area contributed by atoms with E-state index >= 15 is 0 Å². The molecule has 2 saturated heterocycles. The fourth-order valence-electron chi connectivity index (χ4n) is 7.24. The first-order chi connectivity index (χ1) is 19.0. The van der Waals surface area contributed by atoms with Crippen LogP contribution in [0.3, 0.4) is 0 Å². The molecule has 0 aromatic heterocycles. The van der Waals surface area contributed by atoms with Gasteiger partial charge in [0.1, 0.15) is 18.1 Å². The Kier molecular flexibility index (Phi) is 7.11. The summed E-state index contributed by atoms with van der Waals surface area (Å²) in [5, 5.41) is 17.3. The lowest BCUT2D eigenvalue weighted by molar-refractivity contribution is -0.180. The average Bonchev–Trinajstić information content (AvgIpc) is 3.58. The van der Waals surface area contributed by atoms with Gasteiger partial charge in [0.15, 0.2) is 0 Å². The van der Waals surface area contributed by atoms with E-state index in [1.807, 2.05) is 32.2 Å². The fraction of sp³-hybridized carbons (Fsp3) is 0.821. The Hall–Kier alpha value is -2.88. The van der Waals surface area contributed by atoms with Crippen LogP contribution >= 0.6 is 0 Å². The van der Waals surface area contributed by atoms with Gasteiger partial charge in [-0.05, 0) is 76.0 Å². The largest absolute Gasteiger partial charge is 0.471 e. The molecule has 3 saturated carbocycles. The van der Waals surface area contributed by atoms with Crippen molar-refractivity contribution in [2.45, 2.75) is 114 Å². The number of alkyl halides is 3. The Bertz CT molecular complexity index is 1170. The topological polar surface area (TPSA) is 141 Å². The molecule has 5 fully saturated rings. The van der Waals surface area contributed by atoms with Crippen molar-refractivity contribution in [3.8, 4) is 6.07 Å². The number of ether oxygens (including phenoxy) is 1. The molecule has 0 aromatic rings. The van der Waals surface area contributed by atoms with Gasteiger partial charge in [0.2, 0.25) is 17.7 Å². The van der Waals surface area contributed by atoms with Gasteiger partial charge in [0.25, 0.3) is 0 Å². The van der Waals surface area contributed by atoms with Crippen molar-refractivity contribution in [1.29, 1.82) is 5.26 Å². The van der Waals surface area contributed by atoms with Crippen molar-refractivity contribution in [2.24, 2.45) is 23.2 Å². The summed E-state index contributed by atoms with van der Waals surface area (Å²) in [7, 11) is 0. The molecule has 5 aliphatic rings. The Balaban J connectivity index is 1.33. The van der Waals surface area contributed by atoms with E-state index in [9.17, 15) is 37.6 Å². The van der Waals surface area contributed by atoms with Gasteiger partial charge in [-0.3, -0.25) is 19.2 Å². The van der Waals surface area contributed by atoms with Crippen LogP contribution in [0, 0.1) is 34.5 Å². The maximum atomic E-state index is 13.9. The molecule has 41 heavy (non-hydrogen) atoms. The second-order valence-electron chi connectivity index (χ2n) is 13.6. The number of likely N-dealkylation sites (tertiary alicyclic amines) is 1.